The number of nitrogens with zero attached hydrogens (tertiary/aromatic N) is 3. The maximum atomic E-state index is 4.26. The van der Waals surface area contributed by atoms with Crippen molar-refractivity contribution in [1.29, 1.82) is 0 Å². The molecule has 2 aromatic rings. The highest BCUT2D eigenvalue weighted by atomic mass is 79.9. The molecule has 0 saturated carbocycles. The van der Waals surface area contributed by atoms with Crippen LogP contribution in [0.2, 0.25) is 0 Å². The van der Waals surface area contributed by atoms with Crippen LogP contribution in [0.1, 0.15) is 11.5 Å². The lowest BCUT2D eigenvalue weighted by Gasteiger charge is -2.04. The molecule has 0 aliphatic heterocycles. The highest BCUT2D eigenvalue weighted by molar-refractivity contribution is 9.10. The summed E-state index contributed by atoms with van der Waals surface area (Å²) in [4.78, 5) is 12.6. The van der Waals surface area contributed by atoms with Crippen molar-refractivity contribution in [3.8, 4) is 0 Å². The molecular weight excluding hydrogens is 276 g/mol. The van der Waals surface area contributed by atoms with E-state index in [2.05, 4.69) is 36.2 Å². The van der Waals surface area contributed by atoms with Gasteiger partial charge >= 0.3 is 0 Å². The second-order valence-electron chi connectivity index (χ2n) is 2.96. The average molecular weight is 285 g/mol. The van der Waals surface area contributed by atoms with E-state index >= 15 is 0 Å². The number of nitrogens with one attached hydrogen (secondary N) is 1. The van der Waals surface area contributed by atoms with Gasteiger partial charge in [0.25, 0.3) is 0 Å². The maximum absolute atomic E-state index is 4.26. The predicted octanol–water partition coefficient (Wildman–Crippen LogP) is 2.62. The summed E-state index contributed by atoms with van der Waals surface area (Å²) in [6.45, 7) is 2.55. The lowest BCUT2D eigenvalue weighted by atomic mass is 10.4. The standard InChI is InChI=1S/C9H9BrN4S/c1-6-13-8(10)2-9(14-6)11-3-7-4-15-5-12-7/h2,4-5H,3H2,1H3,(H,11,13,14). The summed E-state index contributed by atoms with van der Waals surface area (Å²) in [6, 6.07) is 1.85. The van der Waals surface area contributed by atoms with Gasteiger partial charge in [-0.15, -0.1) is 11.3 Å². The quantitative estimate of drug-likeness (QED) is 0.881. The molecule has 0 atom stereocenters. The van der Waals surface area contributed by atoms with Crippen molar-refractivity contribution in [1.82, 2.24) is 15.0 Å². The highest BCUT2D eigenvalue weighted by Gasteiger charge is 2.00. The third-order valence-corrected chi connectivity index (χ3v) is 2.78. The van der Waals surface area contributed by atoms with E-state index in [1.807, 2.05) is 23.9 Å². The van der Waals surface area contributed by atoms with Gasteiger partial charge in [0.2, 0.25) is 0 Å². The van der Waals surface area contributed by atoms with Crippen molar-refractivity contribution >= 4 is 33.1 Å². The minimum atomic E-state index is 0.687. The van der Waals surface area contributed by atoms with E-state index in [4.69, 9.17) is 0 Å². The zero-order valence-electron chi connectivity index (χ0n) is 8.07. The largest absolute Gasteiger partial charge is 0.364 e. The van der Waals surface area contributed by atoms with Gasteiger partial charge in [0.15, 0.2) is 0 Å². The number of thiazole rings is 1. The Balaban J connectivity index is 2.05. The third kappa shape index (κ3) is 2.97. The maximum Gasteiger partial charge on any atom is 0.131 e. The van der Waals surface area contributed by atoms with Gasteiger partial charge < -0.3 is 5.32 Å². The molecule has 2 heterocycles. The number of halogens is 1. The average Bonchev–Trinajstić information content (AvgIpc) is 2.65. The SMILES string of the molecule is Cc1nc(Br)cc(NCc2cscn2)n1. The van der Waals surface area contributed by atoms with Gasteiger partial charge in [-0.3, -0.25) is 0 Å². The van der Waals surface area contributed by atoms with E-state index in [1.54, 1.807) is 11.3 Å². The molecule has 15 heavy (non-hydrogen) atoms. The summed E-state index contributed by atoms with van der Waals surface area (Å²) < 4.78 is 0.788. The Morgan fingerprint density at radius 2 is 2.33 bits per heavy atom. The molecule has 0 fully saturated rings. The number of aromatic nitrogens is 3. The molecule has 0 aliphatic rings. The topological polar surface area (TPSA) is 50.7 Å². The molecule has 0 unspecified atom stereocenters. The Labute approximate surface area is 99.9 Å². The fraction of sp³-hybridized carbons (Fsp3) is 0.222. The van der Waals surface area contributed by atoms with E-state index in [-0.39, 0.29) is 0 Å². The van der Waals surface area contributed by atoms with Crippen LogP contribution < -0.4 is 5.32 Å². The number of aryl methyl sites for hydroxylation is 1. The minimum Gasteiger partial charge on any atom is -0.364 e. The van der Waals surface area contributed by atoms with Gasteiger partial charge in [-0.1, -0.05) is 0 Å². The van der Waals surface area contributed by atoms with Crippen molar-refractivity contribution in [3.05, 3.63) is 33.1 Å². The van der Waals surface area contributed by atoms with Gasteiger partial charge in [0.1, 0.15) is 16.2 Å². The molecule has 0 radical (unpaired) electrons. The van der Waals surface area contributed by atoms with Crippen LogP contribution >= 0.6 is 27.3 Å². The zero-order valence-corrected chi connectivity index (χ0v) is 10.5. The van der Waals surface area contributed by atoms with E-state index in [0.29, 0.717) is 6.54 Å². The lowest BCUT2D eigenvalue weighted by molar-refractivity contribution is 0.993. The Hall–Kier alpha value is -1.01. The summed E-state index contributed by atoms with van der Waals surface area (Å²) >= 11 is 4.91. The Morgan fingerprint density at radius 1 is 1.47 bits per heavy atom. The summed E-state index contributed by atoms with van der Waals surface area (Å²) in [6.07, 6.45) is 0. The van der Waals surface area contributed by atoms with Crippen LogP contribution in [0.5, 0.6) is 0 Å². The Kier molecular flexibility index (Phi) is 3.27. The van der Waals surface area contributed by atoms with Crippen LogP contribution in [0, 0.1) is 6.92 Å². The summed E-state index contributed by atoms with van der Waals surface area (Å²) in [7, 11) is 0. The first-order valence-corrected chi connectivity index (χ1v) is 6.10. The minimum absolute atomic E-state index is 0.687. The molecule has 0 saturated heterocycles. The molecule has 1 N–H and O–H groups in total. The number of anilines is 1. The second-order valence-corrected chi connectivity index (χ2v) is 4.49. The molecule has 6 heteroatoms. The Morgan fingerprint density at radius 3 is 3.00 bits per heavy atom. The molecule has 0 spiro atoms. The number of rotatable bonds is 3. The zero-order chi connectivity index (χ0) is 10.7. The van der Waals surface area contributed by atoms with E-state index in [0.717, 1.165) is 21.9 Å². The molecule has 78 valence electrons. The monoisotopic (exact) mass is 284 g/mol. The molecule has 0 amide bonds. The Bertz CT molecular complexity index is 423. The van der Waals surface area contributed by atoms with Gasteiger partial charge in [-0.05, 0) is 22.9 Å². The summed E-state index contributed by atoms with van der Waals surface area (Å²) in [5.41, 5.74) is 2.84. The normalized spacial score (nSPS) is 10.3. The van der Waals surface area contributed by atoms with Crippen molar-refractivity contribution < 1.29 is 0 Å². The van der Waals surface area contributed by atoms with Crippen molar-refractivity contribution in [3.63, 3.8) is 0 Å². The molecule has 2 aromatic heterocycles. The fourth-order valence-corrected chi connectivity index (χ4v) is 2.16. The molecule has 0 aromatic carbocycles. The summed E-state index contributed by atoms with van der Waals surface area (Å²) in [5.74, 6) is 1.55. The first-order valence-electron chi connectivity index (χ1n) is 4.36. The number of hydrogen-bond acceptors (Lipinski definition) is 5. The fourth-order valence-electron chi connectivity index (χ4n) is 1.13. The second kappa shape index (κ2) is 4.67. The molecule has 0 bridgehead atoms. The van der Waals surface area contributed by atoms with E-state index in [1.165, 1.54) is 0 Å². The van der Waals surface area contributed by atoms with E-state index < -0.39 is 0 Å². The molecular formula is C9H9BrN4S. The van der Waals surface area contributed by atoms with E-state index in [9.17, 15) is 0 Å². The summed E-state index contributed by atoms with van der Waals surface area (Å²) in [5, 5.41) is 5.20. The number of hydrogen-bond donors (Lipinski definition) is 1. The van der Waals surface area contributed by atoms with Crippen LogP contribution in [-0.2, 0) is 6.54 Å². The first-order chi connectivity index (χ1) is 7.24. The third-order valence-electron chi connectivity index (χ3n) is 1.74. The molecule has 4 nitrogen and oxygen atoms in total. The van der Waals surface area contributed by atoms with Crippen LogP contribution in [0.25, 0.3) is 0 Å². The highest BCUT2D eigenvalue weighted by Crippen LogP contribution is 2.12. The first kappa shape index (κ1) is 10.5. The van der Waals surface area contributed by atoms with Crippen LogP contribution in [-0.4, -0.2) is 15.0 Å². The molecule has 0 aliphatic carbocycles. The predicted molar refractivity (Wildman–Crippen MR) is 63.9 cm³/mol. The van der Waals surface area contributed by atoms with Gasteiger partial charge in [-0.25, -0.2) is 15.0 Å². The van der Waals surface area contributed by atoms with Gasteiger partial charge in [0, 0.05) is 11.4 Å². The molecule has 2 rings (SSSR count). The van der Waals surface area contributed by atoms with Crippen LogP contribution in [0.15, 0.2) is 21.6 Å². The van der Waals surface area contributed by atoms with Crippen LogP contribution in [0.3, 0.4) is 0 Å². The lowest BCUT2D eigenvalue weighted by Crippen LogP contribution is -2.03. The van der Waals surface area contributed by atoms with Gasteiger partial charge in [-0.2, -0.15) is 0 Å². The van der Waals surface area contributed by atoms with Gasteiger partial charge in [0.05, 0.1) is 17.7 Å². The van der Waals surface area contributed by atoms with Crippen LogP contribution in [0.4, 0.5) is 5.82 Å². The van der Waals surface area contributed by atoms with Crippen molar-refractivity contribution in [2.75, 3.05) is 5.32 Å². The van der Waals surface area contributed by atoms with Crippen molar-refractivity contribution in [2.24, 2.45) is 0 Å². The van der Waals surface area contributed by atoms with Crippen molar-refractivity contribution in [2.45, 2.75) is 13.5 Å². The smallest absolute Gasteiger partial charge is 0.131 e.